The molecule has 3 rings (SSSR count). The van der Waals surface area contributed by atoms with E-state index in [4.69, 9.17) is 15.2 Å². The van der Waals surface area contributed by atoms with Crippen molar-refractivity contribution in [1.82, 2.24) is 4.98 Å². The summed E-state index contributed by atoms with van der Waals surface area (Å²) in [4.78, 5) is 16.0. The first-order valence-electron chi connectivity index (χ1n) is 11.7. The number of anilines is 2. The molecule has 0 fully saturated rings. The molecule has 3 aromatic rings. The highest BCUT2D eigenvalue weighted by atomic mass is 32.2. The van der Waals surface area contributed by atoms with Gasteiger partial charge in [-0.15, -0.1) is 0 Å². The predicted molar refractivity (Wildman–Crippen MR) is 144 cm³/mol. The zero-order chi connectivity index (χ0) is 27.0. The lowest BCUT2D eigenvalue weighted by Crippen LogP contribution is -2.15. The van der Waals surface area contributed by atoms with Gasteiger partial charge in [0, 0.05) is 37.0 Å². The lowest BCUT2D eigenvalue weighted by Gasteiger charge is -2.18. The largest absolute Gasteiger partial charge is 0.497 e. The number of ether oxygens (including phenoxy) is 2. The van der Waals surface area contributed by atoms with E-state index in [9.17, 15) is 18.5 Å². The van der Waals surface area contributed by atoms with Gasteiger partial charge in [0.2, 0.25) is 5.82 Å². The van der Waals surface area contributed by atoms with Crippen molar-refractivity contribution in [2.75, 3.05) is 43.8 Å². The fourth-order valence-electron chi connectivity index (χ4n) is 3.98. The number of rotatable bonds is 13. The topological polar surface area (TPSA) is 147 Å². The summed E-state index contributed by atoms with van der Waals surface area (Å²) >= 11 is 0. The molecule has 10 nitrogen and oxygen atoms in total. The van der Waals surface area contributed by atoms with Crippen LogP contribution < -0.4 is 20.5 Å². The van der Waals surface area contributed by atoms with Gasteiger partial charge in [-0.1, -0.05) is 24.3 Å². The maximum atomic E-state index is 12.0. The van der Waals surface area contributed by atoms with Gasteiger partial charge in [-0.05, 0) is 48.2 Å². The molecule has 0 saturated heterocycles. The number of hydrogen-bond donors (Lipinski definition) is 2. The quantitative estimate of drug-likeness (QED) is 0.191. The fraction of sp³-hybridized carbons (Fsp3) is 0.346. The minimum atomic E-state index is -3.08. The third-order valence-electron chi connectivity index (χ3n) is 5.88. The van der Waals surface area contributed by atoms with Gasteiger partial charge in [0.1, 0.15) is 27.0 Å². The Morgan fingerprint density at radius 3 is 1.97 bits per heavy atom. The van der Waals surface area contributed by atoms with Crippen molar-refractivity contribution in [3.8, 4) is 11.5 Å². The van der Waals surface area contributed by atoms with Gasteiger partial charge in [-0.2, -0.15) is 0 Å². The average Bonchev–Trinajstić information content (AvgIpc) is 2.85. The summed E-state index contributed by atoms with van der Waals surface area (Å²) in [6, 6.07) is 15.0. The number of nitrogens with zero attached hydrogens (tertiary/aromatic N) is 2. The average molecular weight is 529 g/mol. The highest BCUT2D eigenvalue weighted by Crippen LogP contribution is 2.37. The van der Waals surface area contributed by atoms with Crippen LogP contribution in [0.2, 0.25) is 0 Å². The minimum absolute atomic E-state index is 0.0523. The number of nitrogens with one attached hydrogen (secondary N) is 1. The standard InChI is InChI=1S/C26H32N4O6S/c1-35-20-10-6-18(7-11-20)16-22-23(17-19-8-12-21(36-2)13-9-19)29-26(27)25(30(31)32)24(22)28-14-4-5-15-37(3,33)34/h6-13H,4-5,14-17H2,1-3H3,(H3,27,28,29). The van der Waals surface area contributed by atoms with Crippen molar-refractivity contribution < 1.29 is 22.8 Å². The molecule has 0 aliphatic heterocycles. The number of benzene rings is 2. The Hall–Kier alpha value is -3.86. The number of unbranched alkanes of at least 4 members (excludes halogenated alkanes) is 1. The van der Waals surface area contributed by atoms with Crippen LogP contribution in [0.25, 0.3) is 0 Å². The van der Waals surface area contributed by atoms with E-state index in [1.165, 1.54) is 6.26 Å². The molecule has 0 saturated carbocycles. The number of sulfone groups is 1. The van der Waals surface area contributed by atoms with Gasteiger partial charge in [-0.3, -0.25) is 10.1 Å². The molecule has 11 heteroatoms. The number of nitro groups is 1. The molecule has 37 heavy (non-hydrogen) atoms. The Balaban J connectivity index is 2.02. The molecular formula is C26H32N4O6S. The number of hydrogen-bond acceptors (Lipinski definition) is 9. The molecule has 0 amide bonds. The summed E-state index contributed by atoms with van der Waals surface area (Å²) in [6.07, 6.45) is 2.91. The first-order chi connectivity index (χ1) is 17.6. The molecule has 0 aliphatic rings. The normalized spacial score (nSPS) is 11.2. The zero-order valence-corrected chi connectivity index (χ0v) is 22.0. The van der Waals surface area contributed by atoms with Crippen molar-refractivity contribution in [3.05, 3.63) is 81.0 Å². The van der Waals surface area contributed by atoms with E-state index in [-0.39, 0.29) is 17.3 Å². The van der Waals surface area contributed by atoms with E-state index in [0.717, 1.165) is 16.9 Å². The molecule has 2 aromatic carbocycles. The van der Waals surface area contributed by atoms with Crippen molar-refractivity contribution in [2.24, 2.45) is 0 Å². The van der Waals surface area contributed by atoms with Gasteiger partial charge in [0.05, 0.1) is 24.8 Å². The second-order valence-corrected chi connectivity index (χ2v) is 11.0. The van der Waals surface area contributed by atoms with Crippen LogP contribution in [0.4, 0.5) is 17.2 Å². The number of aromatic nitrogens is 1. The summed E-state index contributed by atoms with van der Waals surface area (Å²) in [5.74, 6) is 1.30. The Bertz CT molecular complexity index is 1330. The Morgan fingerprint density at radius 2 is 1.49 bits per heavy atom. The van der Waals surface area contributed by atoms with Gasteiger partial charge in [0.15, 0.2) is 0 Å². The fourth-order valence-corrected chi connectivity index (χ4v) is 4.71. The first kappa shape index (κ1) is 27.7. The molecule has 198 valence electrons. The second kappa shape index (κ2) is 12.4. The maximum Gasteiger partial charge on any atom is 0.334 e. The number of nitrogen functional groups attached to an aromatic ring is 1. The van der Waals surface area contributed by atoms with Gasteiger partial charge in [-0.25, -0.2) is 13.4 Å². The van der Waals surface area contributed by atoms with E-state index >= 15 is 0 Å². The zero-order valence-electron chi connectivity index (χ0n) is 21.2. The number of methoxy groups -OCH3 is 2. The van der Waals surface area contributed by atoms with Crippen LogP contribution in [-0.2, 0) is 22.7 Å². The monoisotopic (exact) mass is 528 g/mol. The SMILES string of the molecule is COc1ccc(Cc2nc(N)c([N+](=O)[O-])c(NCCCCS(C)(=O)=O)c2Cc2ccc(OC)cc2)cc1. The molecule has 0 unspecified atom stereocenters. The molecular weight excluding hydrogens is 496 g/mol. The van der Waals surface area contributed by atoms with Gasteiger partial charge < -0.3 is 20.5 Å². The molecule has 1 heterocycles. The number of pyridine rings is 1. The van der Waals surface area contributed by atoms with E-state index in [1.54, 1.807) is 14.2 Å². The highest BCUT2D eigenvalue weighted by Gasteiger charge is 2.27. The molecule has 3 N–H and O–H groups in total. The summed E-state index contributed by atoms with van der Waals surface area (Å²) in [6.45, 7) is 0.345. The minimum Gasteiger partial charge on any atom is -0.497 e. The molecule has 0 spiro atoms. The van der Waals surface area contributed by atoms with E-state index in [2.05, 4.69) is 10.3 Å². The molecule has 0 aliphatic carbocycles. The highest BCUT2D eigenvalue weighted by molar-refractivity contribution is 7.90. The summed E-state index contributed by atoms with van der Waals surface area (Å²) in [7, 11) is 0.0923. The smallest absolute Gasteiger partial charge is 0.334 e. The van der Waals surface area contributed by atoms with Crippen molar-refractivity contribution >= 4 is 27.0 Å². The van der Waals surface area contributed by atoms with E-state index in [1.807, 2.05) is 48.5 Å². The van der Waals surface area contributed by atoms with Crippen molar-refractivity contribution in [1.29, 1.82) is 0 Å². The lowest BCUT2D eigenvalue weighted by molar-refractivity contribution is -0.383. The molecule has 1 aromatic heterocycles. The predicted octanol–water partition coefficient (Wildman–Crippen LogP) is 4.01. The van der Waals surface area contributed by atoms with Crippen LogP contribution in [-0.4, -0.2) is 51.1 Å². The van der Waals surface area contributed by atoms with Crippen LogP contribution in [0, 0.1) is 10.1 Å². The van der Waals surface area contributed by atoms with Crippen LogP contribution in [0.15, 0.2) is 48.5 Å². The Kier molecular flexibility index (Phi) is 9.29. The third kappa shape index (κ3) is 7.81. The Morgan fingerprint density at radius 1 is 0.946 bits per heavy atom. The van der Waals surface area contributed by atoms with Crippen LogP contribution in [0.1, 0.15) is 35.2 Å². The second-order valence-electron chi connectivity index (χ2n) is 8.72. The Labute approximate surface area is 216 Å². The first-order valence-corrected chi connectivity index (χ1v) is 13.8. The summed E-state index contributed by atoms with van der Waals surface area (Å²) < 4.78 is 33.4. The van der Waals surface area contributed by atoms with Crippen LogP contribution in [0.5, 0.6) is 11.5 Å². The number of nitrogens with two attached hydrogens (primary N) is 1. The van der Waals surface area contributed by atoms with Gasteiger partial charge >= 0.3 is 5.69 Å². The lowest BCUT2D eigenvalue weighted by atomic mass is 9.96. The van der Waals surface area contributed by atoms with Crippen molar-refractivity contribution in [2.45, 2.75) is 25.7 Å². The summed E-state index contributed by atoms with van der Waals surface area (Å²) in [5.41, 5.74) is 9.24. The van der Waals surface area contributed by atoms with E-state index in [0.29, 0.717) is 54.9 Å². The van der Waals surface area contributed by atoms with Gasteiger partial charge in [0.25, 0.3) is 0 Å². The van der Waals surface area contributed by atoms with E-state index < -0.39 is 14.8 Å². The third-order valence-corrected chi connectivity index (χ3v) is 6.91. The van der Waals surface area contributed by atoms with Crippen LogP contribution >= 0.6 is 0 Å². The maximum absolute atomic E-state index is 12.0. The summed E-state index contributed by atoms with van der Waals surface area (Å²) in [5, 5.41) is 15.2. The van der Waals surface area contributed by atoms with Crippen LogP contribution in [0.3, 0.4) is 0 Å². The van der Waals surface area contributed by atoms with Crippen molar-refractivity contribution in [3.63, 3.8) is 0 Å². The molecule has 0 atom stereocenters. The molecule has 0 bridgehead atoms. The molecule has 0 radical (unpaired) electrons.